The predicted octanol–water partition coefficient (Wildman–Crippen LogP) is 2.33. The van der Waals surface area contributed by atoms with Gasteiger partial charge in [0, 0.05) is 24.6 Å². The maximum atomic E-state index is 12.4. The van der Waals surface area contributed by atoms with Crippen LogP contribution in [0.2, 0.25) is 0 Å². The van der Waals surface area contributed by atoms with Gasteiger partial charge in [-0.3, -0.25) is 9.48 Å². The van der Waals surface area contributed by atoms with Gasteiger partial charge in [0.05, 0.1) is 5.69 Å². The van der Waals surface area contributed by atoms with Gasteiger partial charge in [0.1, 0.15) is 5.82 Å². The minimum atomic E-state index is 0.0954. The molecule has 0 unspecified atom stereocenters. The van der Waals surface area contributed by atoms with Crippen LogP contribution in [0.4, 0.5) is 5.82 Å². The molecule has 1 aromatic heterocycles. The molecular weight excluding hydrogens is 276 g/mol. The third-order valence-corrected chi connectivity index (χ3v) is 4.26. The van der Waals surface area contributed by atoms with Crippen LogP contribution in [0, 0.1) is 12.8 Å². The Bertz CT molecular complexity index is 671. The summed E-state index contributed by atoms with van der Waals surface area (Å²) in [7, 11) is 1.86. The first-order chi connectivity index (χ1) is 10.6. The predicted molar refractivity (Wildman–Crippen MR) is 87.6 cm³/mol. The Morgan fingerprint density at radius 2 is 2.05 bits per heavy atom. The molecule has 0 radical (unpaired) electrons. The van der Waals surface area contributed by atoms with Crippen LogP contribution in [0.5, 0.6) is 0 Å². The number of nitrogens with zero attached hydrogens (tertiary/aromatic N) is 2. The smallest absolute Gasteiger partial charge is 0.228 e. The normalized spacial score (nSPS) is 15.7. The number of hydrogen-bond acceptors (Lipinski definition) is 3. The molecule has 22 heavy (non-hydrogen) atoms. The zero-order chi connectivity index (χ0) is 15.5. The van der Waals surface area contributed by atoms with E-state index < -0.39 is 0 Å². The number of aryl methyl sites for hydroxylation is 2. The van der Waals surface area contributed by atoms with Crippen LogP contribution in [0.15, 0.2) is 30.3 Å². The molecule has 1 aromatic carbocycles. The van der Waals surface area contributed by atoms with Crippen molar-refractivity contribution in [3.05, 3.63) is 35.9 Å². The minimum absolute atomic E-state index is 0.0954. The summed E-state index contributed by atoms with van der Waals surface area (Å²) in [5.41, 5.74) is 3.17. The highest BCUT2D eigenvalue weighted by Gasteiger charge is 2.22. The van der Waals surface area contributed by atoms with E-state index in [0.717, 1.165) is 43.0 Å². The number of carbonyl (C=O) groups excluding carboxylic acids is 1. The molecule has 1 aliphatic heterocycles. The first kappa shape index (κ1) is 14.8. The molecule has 5 heteroatoms. The van der Waals surface area contributed by atoms with Crippen molar-refractivity contribution in [1.82, 2.24) is 15.1 Å². The Morgan fingerprint density at radius 1 is 1.32 bits per heavy atom. The molecule has 2 heterocycles. The highest BCUT2D eigenvalue weighted by molar-refractivity contribution is 5.92. The molecule has 0 spiro atoms. The maximum Gasteiger partial charge on any atom is 0.228 e. The second-order valence-electron chi connectivity index (χ2n) is 5.87. The van der Waals surface area contributed by atoms with E-state index in [2.05, 4.69) is 34.8 Å². The lowest BCUT2D eigenvalue weighted by Crippen LogP contribution is -2.34. The second kappa shape index (κ2) is 6.32. The number of carbonyl (C=O) groups is 1. The van der Waals surface area contributed by atoms with Gasteiger partial charge in [0.25, 0.3) is 0 Å². The summed E-state index contributed by atoms with van der Waals surface area (Å²) < 4.78 is 1.74. The van der Waals surface area contributed by atoms with Crippen LogP contribution in [-0.2, 0) is 11.8 Å². The molecule has 3 rings (SSSR count). The van der Waals surface area contributed by atoms with Crippen molar-refractivity contribution in [2.45, 2.75) is 19.8 Å². The van der Waals surface area contributed by atoms with Crippen LogP contribution in [0.3, 0.4) is 0 Å². The SMILES string of the molecule is Cc1ccccc1-c1cc(NC(=O)C2CCNCC2)n(C)n1. The first-order valence-corrected chi connectivity index (χ1v) is 7.77. The van der Waals surface area contributed by atoms with Crippen LogP contribution >= 0.6 is 0 Å². The minimum Gasteiger partial charge on any atom is -0.317 e. The highest BCUT2D eigenvalue weighted by atomic mass is 16.2. The van der Waals surface area contributed by atoms with Crippen LogP contribution in [0.1, 0.15) is 18.4 Å². The molecular formula is C17H22N4O. The van der Waals surface area contributed by atoms with Gasteiger partial charge in [-0.15, -0.1) is 0 Å². The van der Waals surface area contributed by atoms with Crippen LogP contribution in [-0.4, -0.2) is 28.8 Å². The fourth-order valence-corrected chi connectivity index (χ4v) is 2.89. The van der Waals surface area contributed by atoms with Gasteiger partial charge >= 0.3 is 0 Å². The summed E-state index contributed by atoms with van der Waals surface area (Å²) in [5.74, 6) is 0.945. The van der Waals surface area contributed by atoms with Crippen molar-refractivity contribution in [1.29, 1.82) is 0 Å². The fourth-order valence-electron chi connectivity index (χ4n) is 2.89. The number of nitrogens with one attached hydrogen (secondary N) is 2. The average molecular weight is 298 g/mol. The van der Waals surface area contributed by atoms with E-state index in [-0.39, 0.29) is 11.8 Å². The second-order valence-corrected chi connectivity index (χ2v) is 5.87. The Morgan fingerprint density at radius 3 is 2.77 bits per heavy atom. The van der Waals surface area contributed by atoms with Gasteiger partial charge < -0.3 is 10.6 Å². The molecule has 1 fully saturated rings. The maximum absolute atomic E-state index is 12.4. The van der Waals surface area contributed by atoms with E-state index in [4.69, 9.17) is 0 Å². The third-order valence-electron chi connectivity index (χ3n) is 4.26. The van der Waals surface area contributed by atoms with Crippen LogP contribution < -0.4 is 10.6 Å². The van der Waals surface area contributed by atoms with Crippen molar-refractivity contribution in [3.8, 4) is 11.3 Å². The molecule has 1 aliphatic rings. The Labute approximate surface area is 130 Å². The fraction of sp³-hybridized carbons (Fsp3) is 0.412. The van der Waals surface area contributed by atoms with Gasteiger partial charge in [-0.05, 0) is 38.4 Å². The van der Waals surface area contributed by atoms with Gasteiger partial charge in [0.2, 0.25) is 5.91 Å². The van der Waals surface area contributed by atoms with E-state index in [1.54, 1.807) is 4.68 Å². The lowest BCUT2D eigenvalue weighted by atomic mass is 9.97. The molecule has 0 saturated carbocycles. The van der Waals surface area contributed by atoms with Gasteiger partial charge in [-0.25, -0.2) is 0 Å². The highest BCUT2D eigenvalue weighted by Crippen LogP contribution is 2.25. The van der Waals surface area contributed by atoms with E-state index in [1.165, 1.54) is 5.56 Å². The molecule has 5 nitrogen and oxygen atoms in total. The summed E-state index contributed by atoms with van der Waals surface area (Å²) in [6, 6.07) is 10.1. The van der Waals surface area contributed by atoms with Gasteiger partial charge in [-0.1, -0.05) is 24.3 Å². The average Bonchev–Trinajstić information content (AvgIpc) is 2.89. The van der Waals surface area contributed by atoms with E-state index >= 15 is 0 Å². The molecule has 2 N–H and O–H groups in total. The van der Waals surface area contributed by atoms with E-state index in [9.17, 15) is 4.79 Å². The molecule has 0 atom stereocenters. The summed E-state index contributed by atoms with van der Waals surface area (Å²) in [6.07, 6.45) is 1.79. The lowest BCUT2D eigenvalue weighted by molar-refractivity contribution is -0.120. The summed E-state index contributed by atoms with van der Waals surface area (Å²) in [5, 5.41) is 10.8. The number of aromatic nitrogens is 2. The third kappa shape index (κ3) is 3.04. The molecule has 0 aliphatic carbocycles. The monoisotopic (exact) mass is 298 g/mol. The summed E-state index contributed by atoms with van der Waals surface area (Å²) in [4.78, 5) is 12.4. The van der Waals surface area contributed by atoms with E-state index in [0.29, 0.717) is 0 Å². The van der Waals surface area contributed by atoms with E-state index in [1.807, 2.05) is 25.2 Å². The molecule has 2 aromatic rings. The summed E-state index contributed by atoms with van der Waals surface area (Å²) >= 11 is 0. The number of hydrogen-bond donors (Lipinski definition) is 2. The molecule has 116 valence electrons. The quantitative estimate of drug-likeness (QED) is 0.914. The van der Waals surface area contributed by atoms with Crippen molar-refractivity contribution in [3.63, 3.8) is 0 Å². The molecule has 1 saturated heterocycles. The largest absolute Gasteiger partial charge is 0.317 e. The standard InChI is InChI=1S/C17H22N4O/c1-12-5-3-4-6-14(12)15-11-16(21(2)20-15)19-17(22)13-7-9-18-10-8-13/h3-6,11,13,18H,7-10H2,1-2H3,(H,19,22). The van der Waals surface area contributed by atoms with Crippen molar-refractivity contribution < 1.29 is 4.79 Å². The zero-order valence-electron chi connectivity index (χ0n) is 13.1. The van der Waals surface area contributed by atoms with Crippen molar-refractivity contribution in [2.24, 2.45) is 13.0 Å². The van der Waals surface area contributed by atoms with Crippen LogP contribution in [0.25, 0.3) is 11.3 Å². The number of rotatable bonds is 3. The zero-order valence-corrected chi connectivity index (χ0v) is 13.1. The topological polar surface area (TPSA) is 59.0 Å². The van der Waals surface area contributed by atoms with Crippen molar-refractivity contribution in [2.75, 3.05) is 18.4 Å². The molecule has 0 bridgehead atoms. The Kier molecular flexibility index (Phi) is 4.24. The van der Waals surface area contributed by atoms with Gasteiger partial charge in [0.15, 0.2) is 0 Å². The number of anilines is 1. The van der Waals surface area contributed by atoms with Crippen molar-refractivity contribution >= 4 is 11.7 Å². The first-order valence-electron chi connectivity index (χ1n) is 7.77. The van der Waals surface area contributed by atoms with Gasteiger partial charge in [-0.2, -0.15) is 5.10 Å². The Balaban J connectivity index is 1.78. The Hall–Kier alpha value is -2.14. The lowest BCUT2D eigenvalue weighted by Gasteiger charge is -2.21. The molecule has 1 amide bonds. The number of benzene rings is 1. The summed E-state index contributed by atoms with van der Waals surface area (Å²) in [6.45, 7) is 3.90. The number of piperidine rings is 1. The number of amides is 1.